The van der Waals surface area contributed by atoms with Crippen molar-refractivity contribution in [2.75, 3.05) is 0 Å². The van der Waals surface area contributed by atoms with Crippen molar-refractivity contribution in [3.63, 3.8) is 0 Å². The second kappa shape index (κ2) is 9.29. The van der Waals surface area contributed by atoms with Crippen molar-refractivity contribution in [3.8, 4) is 45.0 Å². The molecule has 0 atom stereocenters. The monoisotopic (exact) mass is 508 g/mol. The fourth-order valence-corrected chi connectivity index (χ4v) is 4.94. The molecule has 0 saturated carbocycles. The van der Waals surface area contributed by atoms with E-state index in [1.54, 1.807) is 0 Å². The molecule has 0 aliphatic rings. The first kappa shape index (κ1) is 22.5. The van der Waals surface area contributed by atoms with Crippen molar-refractivity contribution >= 4 is 33.5 Å². The van der Waals surface area contributed by atoms with Gasteiger partial charge in [-0.2, -0.15) is 0 Å². The lowest BCUT2D eigenvalue weighted by atomic mass is 10.0. The first-order valence-electron chi connectivity index (χ1n) is 12.4. The smallest absolute Gasteiger partial charge is 0.160 e. The average Bonchev–Trinajstić information content (AvgIpc) is 3.36. The summed E-state index contributed by atoms with van der Waals surface area (Å²) in [6.45, 7) is 0. The molecule has 4 heteroatoms. The lowest BCUT2D eigenvalue weighted by Gasteiger charge is -2.10. The molecule has 7 aromatic rings. The van der Waals surface area contributed by atoms with E-state index in [1.807, 2.05) is 78.9 Å². The molecule has 0 amide bonds. The number of rotatable bonds is 4. The SMILES string of the molecule is Clc1ccc(-c2cc(-c3ccc(-c4ccc5c(c4)oc4ccccc45)cc3)nc(-c3ccccc3)n2)cc1. The number of hydrogen-bond acceptors (Lipinski definition) is 3. The van der Waals surface area contributed by atoms with Gasteiger partial charge in [0.2, 0.25) is 0 Å². The molecule has 0 aliphatic carbocycles. The highest BCUT2D eigenvalue weighted by molar-refractivity contribution is 6.30. The number of furan rings is 1. The topological polar surface area (TPSA) is 38.9 Å². The summed E-state index contributed by atoms with van der Waals surface area (Å²) in [6.07, 6.45) is 0. The van der Waals surface area contributed by atoms with Gasteiger partial charge in [-0.3, -0.25) is 0 Å². The molecule has 0 N–H and O–H groups in total. The van der Waals surface area contributed by atoms with Crippen LogP contribution in [0.4, 0.5) is 0 Å². The summed E-state index contributed by atoms with van der Waals surface area (Å²) in [6, 6.07) is 42.9. The lowest BCUT2D eigenvalue weighted by molar-refractivity contribution is 0.669. The molecule has 2 aromatic heterocycles. The van der Waals surface area contributed by atoms with Crippen LogP contribution in [0.3, 0.4) is 0 Å². The van der Waals surface area contributed by atoms with Crippen LogP contribution in [-0.4, -0.2) is 9.97 Å². The molecule has 0 spiro atoms. The van der Waals surface area contributed by atoms with Gasteiger partial charge < -0.3 is 4.42 Å². The van der Waals surface area contributed by atoms with Gasteiger partial charge in [0.1, 0.15) is 11.2 Å². The van der Waals surface area contributed by atoms with Crippen molar-refractivity contribution in [1.82, 2.24) is 9.97 Å². The van der Waals surface area contributed by atoms with Crippen molar-refractivity contribution in [3.05, 3.63) is 132 Å². The molecule has 0 radical (unpaired) electrons. The Bertz CT molecular complexity index is 1910. The first-order chi connectivity index (χ1) is 18.7. The summed E-state index contributed by atoms with van der Waals surface area (Å²) in [4.78, 5) is 9.81. The van der Waals surface area contributed by atoms with Gasteiger partial charge in [-0.05, 0) is 47.5 Å². The number of nitrogens with zero attached hydrogens (tertiary/aromatic N) is 2. The zero-order valence-electron chi connectivity index (χ0n) is 20.3. The molecule has 0 saturated heterocycles. The van der Waals surface area contributed by atoms with Crippen LogP contribution in [-0.2, 0) is 0 Å². The maximum Gasteiger partial charge on any atom is 0.160 e. The molecule has 0 fully saturated rings. The fraction of sp³-hybridized carbons (Fsp3) is 0. The minimum atomic E-state index is 0.687. The van der Waals surface area contributed by atoms with Gasteiger partial charge in [-0.15, -0.1) is 0 Å². The third-order valence-corrected chi connectivity index (χ3v) is 7.04. The second-order valence-electron chi connectivity index (χ2n) is 9.22. The molecule has 0 aliphatic heterocycles. The predicted molar refractivity (Wildman–Crippen MR) is 156 cm³/mol. The number of fused-ring (bicyclic) bond motifs is 3. The number of para-hydroxylation sites is 1. The fourth-order valence-electron chi connectivity index (χ4n) is 4.82. The van der Waals surface area contributed by atoms with Crippen LogP contribution >= 0.6 is 11.6 Å². The minimum absolute atomic E-state index is 0.687. The van der Waals surface area contributed by atoms with E-state index >= 15 is 0 Å². The van der Waals surface area contributed by atoms with Gasteiger partial charge in [0.25, 0.3) is 0 Å². The van der Waals surface area contributed by atoms with Crippen molar-refractivity contribution in [2.45, 2.75) is 0 Å². The van der Waals surface area contributed by atoms with Crippen LogP contribution in [0.15, 0.2) is 132 Å². The van der Waals surface area contributed by atoms with Crippen LogP contribution in [0, 0.1) is 0 Å². The van der Waals surface area contributed by atoms with Crippen molar-refractivity contribution < 1.29 is 4.42 Å². The van der Waals surface area contributed by atoms with E-state index in [-0.39, 0.29) is 0 Å². The Morgan fingerprint density at radius 3 is 1.76 bits per heavy atom. The molecule has 7 rings (SSSR count). The molecule has 2 heterocycles. The van der Waals surface area contributed by atoms with E-state index in [9.17, 15) is 0 Å². The van der Waals surface area contributed by atoms with E-state index < -0.39 is 0 Å². The number of benzene rings is 5. The number of halogens is 1. The maximum atomic E-state index is 6.13. The Morgan fingerprint density at radius 2 is 1.03 bits per heavy atom. The molecule has 5 aromatic carbocycles. The maximum absolute atomic E-state index is 6.13. The van der Waals surface area contributed by atoms with Gasteiger partial charge in [0, 0.05) is 32.5 Å². The highest BCUT2D eigenvalue weighted by atomic mass is 35.5. The summed E-state index contributed by atoms with van der Waals surface area (Å²) < 4.78 is 6.10. The van der Waals surface area contributed by atoms with Crippen molar-refractivity contribution in [1.29, 1.82) is 0 Å². The molecule has 180 valence electrons. The predicted octanol–water partition coefficient (Wildman–Crippen LogP) is 9.70. The van der Waals surface area contributed by atoms with Gasteiger partial charge >= 0.3 is 0 Å². The Balaban J connectivity index is 1.29. The van der Waals surface area contributed by atoms with Crippen LogP contribution in [0.5, 0.6) is 0 Å². The largest absolute Gasteiger partial charge is 0.456 e. The van der Waals surface area contributed by atoms with Crippen LogP contribution in [0.25, 0.3) is 67.0 Å². The minimum Gasteiger partial charge on any atom is -0.456 e. The average molecular weight is 509 g/mol. The summed E-state index contributed by atoms with van der Waals surface area (Å²) in [7, 11) is 0. The van der Waals surface area contributed by atoms with E-state index in [4.69, 9.17) is 26.0 Å². The Labute approximate surface area is 225 Å². The van der Waals surface area contributed by atoms with E-state index in [1.165, 1.54) is 0 Å². The highest BCUT2D eigenvalue weighted by Crippen LogP contribution is 2.33. The van der Waals surface area contributed by atoms with Gasteiger partial charge in [0.05, 0.1) is 11.4 Å². The van der Waals surface area contributed by atoms with Crippen LogP contribution < -0.4 is 0 Å². The quantitative estimate of drug-likeness (QED) is 0.237. The second-order valence-corrected chi connectivity index (χ2v) is 9.66. The van der Waals surface area contributed by atoms with Gasteiger partial charge in [-0.1, -0.05) is 103 Å². The summed E-state index contributed by atoms with van der Waals surface area (Å²) in [5, 5.41) is 2.96. The number of hydrogen-bond donors (Lipinski definition) is 0. The van der Waals surface area contributed by atoms with Gasteiger partial charge in [0.15, 0.2) is 5.82 Å². The third-order valence-electron chi connectivity index (χ3n) is 6.79. The zero-order valence-corrected chi connectivity index (χ0v) is 21.1. The third kappa shape index (κ3) is 4.13. The normalized spacial score (nSPS) is 11.3. The molecule has 0 unspecified atom stereocenters. The first-order valence-corrected chi connectivity index (χ1v) is 12.8. The molecule has 38 heavy (non-hydrogen) atoms. The number of aromatic nitrogens is 2. The summed E-state index contributed by atoms with van der Waals surface area (Å²) in [5.41, 5.74) is 8.73. The molecular formula is C34H21ClN2O. The molecule has 0 bridgehead atoms. The van der Waals surface area contributed by atoms with Crippen molar-refractivity contribution in [2.24, 2.45) is 0 Å². The Hall–Kier alpha value is -4.73. The van der Waals surface area contributed by atoms with E-state index in [0.717, 1.165) is 61.1 Å². The van der Waals surface area contributed by atoms with E-state index in [0.29, 0.717) is 10.8 Å². The highest BCUT2D eigenvalue weighted by Gasteiger charge is 2.12. The standard InChI is InChI=1S/C34H21ClN2O/c35-27-17-14-24(15-18-27)31-21-30(36-34(37-31)25-6-2-1-3-7-25)23-12-10-22(11-13-23)26-16-19-29-28-8-4-5-9-32(28)38-33(29)20-26/h1-21H. The van der Waals surface area contributed by atoms with Gasteiger partial charge in [-0.25, -0.2) is 9.97 Å². The molecular weight excluding hydrogens is 488 g/mol. The Morgan fingerprint density at radius 1 is 0.447 bits per heavy atom. The summed E-state index contributed by atoms with van der Waals surface area (Å²) >= 11 is 6.13. The van der Waals surface area contributed by atoms with Crippen LogP contribution in [0.1, 0.15) is 0 Å². The lowest BCUT2D eigenvalue weighted by Crippen LogP contribution is -1.95. The summed E-state index contributed by atoms with van der Waals surface area (Å²) in [5.74, 6) is 0.687. The molecule has 3 nitrogen and oxygen atoms in total. The zero-order chi connectivity index (χ0) is 25.5. The Kier molecular flexibility index (Phi) is 5.49. The van der Waals surface area contributed by atoms with Crippen LogP contribution in [0.2, 0.25) is 5.02 Å². The van der Waals surface area contributed by atoms with E-state index in [2.05, 4.69) is 48.5 Å².